The number of hydrogen-bond donors (Lipinski definition) is 3. The third-order valence-corrected chi connectivity index (χ3v) is 5.24. The largest absolute Gasteiger partial charge is 0.497 e. The van der Waals surface area contributed by atoms with Crippen molar-refractivity contribution in [3.05, 3.63) is 83.9 Å². The van der Waals surface area contributed by atoms with Crippen LogP contribution in [0.25, 0.3) is 0 Å². The van der Waals surface area contributed by atoms with E-state index in [-0.39, 0.29) is 11.9 Å². The summed E-state index contributed by atoms with van der Waals surface area (Å²) in [6.07, 6.45) is 0. The molecule has 0 bridgehead atoms. The van der Waals surface area contributed by atoms with Crippen molar-refractivity contribution in [1.29, 1.82) is 0 Å². The van der Waals surface area contributed by atoms with Gasteiger partial charge >= 0.3 is 6.03 Å². The van der Waals surface area contributed by atoms with Crippen LogP contribution in [0.3, 0.4) is 0 Å². The number of carbonyl (C=O) groups is 2. The van der Waals surface area contributed by atoms with Gasteiger partial charge in [-0.1, -0.05) is 24.3 Å². The van der Waals surface area contributed by atoms with E-state index in [0.29, 0.717) is 35.7 Å². The number of nitrogens with one attached hydrogen (secondary N) is 2. The van der Waals surface area contributed by atoms with Gasteiger partial charge in [0.1, 0.15) is 5.75 Å². The van der Waals surface area contributed by atoms with Crippen LogP contribution in [0.5, 0.6) is 5.75 Å². The molecule has 0 radical (unpaired) electrons. The lowest BCUT2D eigenvalue weighted by Crippen LogP contribution is -2.39. The van der Waals surface area contributed by atoms with Crippen molar-refractivity contribution in [3.8, 4) is 5.75 Å². The molecule has 0 aliphatic carbocycles. The van der Waals surface area contributed by atoms with Crippen molar-refractivity contribution >= 4 is 29.0 Å². The first-order valence-corrected chi connectivity index (χ1v) is 10.9. The summed E-state index contributed by atoms with van der Waals surface area (Å²) >= 11 is 0. The van der Waals surface area contributed by atoms with Gasteiger partial charge in [-0.3, -0.25) is 4.79 Å². The fourth-order valence-electron chi connectivity index (χ4n) is 3.24. The molecule has 3 rings (SSSR count). The van der Waals surface area contributed by atoms with E-state index in [9.17, 15) is 9.59 Å². The molecule has 8 nitrogen and oxygen atoms in total. The Morgan fingerprint density at radius 2 is 1.56 bits per heavy atom. The topological polar surface area (TPSA) is 99.9 Å². The molecule has 8 heteroatoms. The molecule has 0 saturated heterocycles. The van der Waals surface area contributed by atoms with Gasteiger partial charge in [0, 0.05) is 30.9 Å². The number of para-hydroxylation sites is 2. The zero-order valence-electron chi connectivity index (χ0n) is 19.7. The summed E-state index contributed by atoms with van der Waals surface area (Å²) in [5.41, 5.74) is 9.10. The smallest absolute Gasteiger partial charge is 0.322 e. The molecule has 34 heavy (non-hydrogen) atoms. The number of ether oxygens (including phenoxy) is 1. The third kappa shape index (κ3) is 6.98. The molecule has 178 valence electrons. The van der Waals surface area contributed by atoms with Gasteiger partial charge in [0.05, 0.1) is 18.5 Å². The minimum atomic E-state index is -0.244. The SMILES string of the molecule is COc1ccc(NC(=O)N(CCN(C)C)Cc2ccc(C(=O)Nc3ccccc3N)cc2)cc1. The number of benzene rings is 3. The molecule has 0 fully saturated rings. The first kappa shape index (κ1) is 24.6. The highest BCUT2D eigenvalue weighted by Crippen LogP contribution is 2.19. The molecule has 0 aromatic heterocycles. The van der Waals surface area contributed by atoms with Gasteiger partial charge in [0.15, 0.2) is 0 Å². The average molecular weight is 462 g/mol. The van der Waals surface area contributed by atoms with Crippen molar-refractivity contribution in [3.63, 3.8) is 0 Å². The van der Waals surface area contributed by atoms with Crippen molar-refractivity contribution in [1.82, 2.24) is 9.80 Å². The Balaban J connectivity index is 1.67. The van der Waals surface area contributed by atoms with E-state index in [4.69, 9.17) is 10.5 Å². The number of urea groups is 1. The molecule has 3 aromatic rings. The summed E-state index contributed by atoms with van der Waals surface area (Å²) in [4.78, 5) is 29.3. The van der Waals surface area contributed by atoms with Crippen LogP contribution in [-0.4, -0.2) is 56.0 Å². The summed E-state index contributed by atoms with van der Waals surface area (Å²) in [6.45, 7) is 1.67. The molecule has 0 aliphatic heterocycles. The highest BCUT2D eigenvalue weighted by Gasteiger charge is 2.15. The first-order valence-electron chi connectivity index (χ1n) is 10.9. The number of amides is 3. The maximum absolute atomic E-state index is 13.0. The number of methoxy groups -OCH3 is 1. The summed E-state index contributed by atoms with van der Waals surface area (Å²) < 4.78 is 5.17. The lowest BCUT2D eigenvalue weighted by molar-refractivity contribution is 0.102. The Hall–Kier alpha value is -4.04. The molecular formula is C26H31N5O3. The predicted molar refractivity (Wildman–Crippen MR) is 136 cm³/mol. The van der Waals surface area contributed by atoms with Gasteiger partial charge in [0.2, 0.25) is 0 Å². The number of rotatable bonds is 9. The third-order valence-electron chi connectivity index (χ3n) is 5.24. The van der Waals surface area contributed by atoms with Gasteiger partial charge in [-0.25, -0.2) is 4.79 Å². The van der Waals surface area contributed by atoms with E-state index in [1.807, 2.05) is 43.3 Å². The number of hydrogen-bond acceptors (Lipinski definition) is 5. The van der Waals surface area contributed by atoms with Crippen LogP contribution in [-0.2, 0) is 6.54 Å². The Labute approximate surface area is 200 Å². The number of nitrogens with two attached hydrogens (primary N) is 1. The quantitative estimate of drug-likeness (QED) is 0.416. The monoisotopic (exact) mass is 461 g/mol. The van der Waals surface area contributed by atoms with Gasteiger partial charge in [0.25, 0.3) is 5.91 Å². The standard InChI is InChI=1S/C26H31N5O3/c1-30(2)16-17-31(26(33)28-21-12-14-22(34-3)15-13-21)18-19-8-10-20(11-9-19)25(32)29-24-7-5-4-6-23(24)27/h4-15H,16-18,27H2,1-3H3,(H,28,33)(H,29,32). The van der Waals surface area contributed by atoms with Crippen LogP contribution in [0.4, 0.5) is 21.9 Å². The van der Waals surface area contributed by atoms with E-state index in [1.54, 1.807) is 60.5 Å². The lowest BCUT2D eigenvalue weighted by atomic mass is 10.1. The molecule has 0 aliphatic rings. The molecule has 0 spiro atoms. The second kappa shape index (κ2) is 11.7. The second-order valence-corrected chi connectivity index (χ2v) is 8.12. The highest BCUT2D eigenvalue weighted by atomic mass is 16.5. The van der Waals surface area contributed by atoms with Gasteiger partial charge in [-0.15, -0.1) is 0 Å². The molecule has 0 unspecified atom stereocenters. The number of carbonyl (C=O) groups excluding carboxylic acids is 2. The predicted octanol–water partition coefficient (Wildman–Crippen LogP) is 4.13. The number of likely N-dealkylation sites (N-methyl/N-ethyl adjacent to an activating group) is 1. The molecule has 0 heterocycles. The maximum Gasteiger partial charge on any atom is 0.322 e. The van der Waals surface area contributed by atoms with Crippen LogP contribution in [0.1, 0.15) is 15.9 Å². The van der Waals surface area contributed by atoms with Crippen LogP contribution >= 0.6 is 0 Å². The van der Waals surface area contributed by atoms with Crippen molar-refractivity contribution in [2.75, 3.05) is 50.7 Å². The lowest BCUT2D eigenvalue weighted by Gasteiger charge is -2.25. The van der Waals surface area contributed by atoms with E-state index in [1.165, 1.54) is 0 Å². The van der Waals surface area contributed by atoms with E-state index >= 15 is 0 Å². The maximum atomic E-state index is 13.0. The van der Waals surface area contributed by atoms with Gasteiger partial charge < -0.3 is 30.9 Å². The first-order chi connectivity index (χ1) is 16.4. The molecular weight excluding hydrogens is 430 g/mol. The Morgan fingerprint density at radius 1 is 0.882 bits per heavy atom. The van der Waals surface area contributed by atoms with Crippen LogP contribution in [0.2, 0.25) is 0 Å². The molecule has 0 atom stereocenters. The number of nitrogens with zero attached hydrogens (tertiary/aromatic N) is 2. The van der Waals surface area contributed by atoms with Crippen LogP contribution in [0.15, 0.2) is 72.8 Å². The summed E-state index contributed by atoms with van der Waals surface area (Å²) in [5.74, 6) is 0.479. The highest BCUT2D eigenvalue weighted by molar-refractivity contribution is 6.05. The van der Waals surface area contributed by atoms with E-state index in [0.717, 1.165) is 17.9 Å². The van der Waals surface area contributed by atoms with Crippen molar-refractivity contribution < 1.29 is 14.3 Å². The molecule has 4 N–H and O–H groups in total. The van der Waals surface area contributed by atoms with Gasteiger partial charge in [-0.05, 0) is 68.2 Å². The number of nitrogen functional groups attached to an aromatic ring is 1. The van der Waals surface area contributed by atoms with Gasteiger partial charge in [-0.2, -0.15) is 0 Å². The van der Waals surface area contributed by atoms with E-state index in [2.05, 4.69) is 10.6 Å². The Bertz CT molecular complexity index is 1100. The molecule has 3 amide bonds. The summed E-state index contributed by atoms with van der Waals surface area (Å²) in [6, 6.07) is 21.3. The molecule has 3 aromatic carbocycles. The normalized spacial score (nSPS) is 10.6. The van der Waals surface area contributed by atoms with Crippen molar-refractivity contribution in [2.45, 2.75) is 6.54 Å². The van der Waals surface area contributed by atoms with Crippen molar-refractivity contribution in [2.24, 2.45) is 0 Å². The van der Waals surface area contributed by atoms with Crippen LogP contribution < -0.4 is 21.1 Å². The zero-order chi connectivity index (χ0) is 24.5. The Morgan fingerprint density at radius 3 is 2.18 bits per heavy atom. The average Bonchev–Trinajstić information content (AvgIpc) is 2.83. The fourth-order valence-corrected chi connectivity index (χ4v) is 3.24. The molecule has 0 saturated carbocycles. The zero-order valence-corrected chi connectivity index (χ0v) is 19.7. The summed E-state index contributed by atoms with van der Waals surface area (Å²) in [7, 11) is 5.53. The Kier molecular flexibility index (Phi) is 8.48. The van der Waals surface area contributed by atoms with E-state index < -0.39 is 0 Å². The minimum absolute atomic E-state index is 0.201. The minimum Gasteiger partial charge on any atom is -0.497 e. The fraction of sp³-hybridized carbons (Fsp3) is 0.231. The summed E-state index contributed by atoms with van der Waals surface area (Å²) in [5, 5.41) is 5.76. The van der Waals surface area contributed by atoms with Crippen LogP contribution in [0, 0.1) is 0 Å². The second-order valence-electron chi connectivity index (χ2n) is 8.12. The number of anilines is 3.